The molecule has 13 heteroatoms. The molecule has 1 amide bonds. The van der Waals surface area contributed by atoms with Crippen LogP contribution in [0.2, 0.25) is 5.02 Å². The number of pyridine rings is 2. The maximum atomic E-state index is 13.6. The van der Waals surface area contributed by atoms with Gasteiger partial charge in [-0.3, -0.25) is 9.78 Å². The number of amides is 1. The van der Waals surface area contributed by atoms with Crippen molar-refractivity contribution >= 4 is 23.2 Å². The number of nitrogens with zero attached hydrogens (tertiary/aromatic N) is 5. The maximum absolute atomic E-state index is 13.6. The van der Waals surface area contributed by atoms with Crippen LogP contribution in [0.1, 0.15) is 15.9 Å². The van der Waals surface area contributed by atoms with Gasteiger partial charge in [0.15, 0.2) is 5.82 Å². The van der Waals surface area contributed by atoms with E-state index >= 15 is 0 Å². The molecule has 0 spiro atoms. The van der Waals surface area contributed by atoms with Gasteiger partial charge in [0.1, 0.15) is 22.7 Å². The number of rotatable bonds is 5. The third-order valence-corrected chi connectivity index (χ3v) is 4.89. The zero-order valence-electron chi connectivity index (χ0n) is 17.1. The van der Waals surface area contributed by atoms with Gasteiger partial charge in [0, 0.05) is 17.8 Å². The van der Waals surface area contributed by atoms with Gasteiger partial charge >= 0.3 is 6.18 Å². The molecule has 0 aliphatic carbocycles. The SMILES string of the molecule is COc1cc(-c2ccc(F)cc2Cl)ncc1C(=O)Nc1cnc(-n2nccn2)c(C(F)(F)F)c1. The number of carbonyl (C=O) groups is 1. The molecule has 1 aromatic carbocycles. The molecule has 0 aliphatic rings. The minimum Gasteiger partial charge on any atom is -0.496 e. The fourth-order valence-corrected chi connectivity index (χ4v) is 3.30. The van der Waals surface area contributed by atoms with Crippen LogP contribution in [-0.4, -0.2) is 38.0 Å². The monoisotopic (exact) mass is 492 g/mol. The number of anilines is 1. The van der Waals surface area contributed by atoms with Gasteiger partial charge in [0.25, 0.3) is 5.91 Å². The van der Waals surface area contributed by atoms with Crippen LogP contribution in [-0.2, 0) is 6.18 Å². The van der Waals surface area contributed by atoms with Crippen LogP contribution in [0.5, 0.6) is 5.75 Å². The average Bonchev–Trinajstić information content (AvgIpc) is 3.33. The maximum Gasteiger partial charge on any atom is 0.420 e. The van der Waals surface area contributed by atoms with E-state index in [0.29, 0.717) is 11.3 Å². The molecule has 34 heavy (non-hydrogen) atoms. The smallest absolute Gasteiger partial charge is 0.420 e. The lowest BCUT2D eigenvalue weighted by Gasteiger charge is -2.14. The lowest BCUT2D eigenvalue weighted by Crippen LogP contribution is -2.18. The van der Waals surface area contributed by atoms with Crippen molar-refractivity contribution in [2.75, 3.05) is 12.4 Å². The molecule has 174 valence electrons. The Bertz CT molecular complexity index is 1360. The van der Waals surface area contributed by atoms with Gasteiger partial charge in [-0.1, -0.05) is 11.6 Å². The number of hydrogen-bond donors (Lipinski definition) is 1. The number of ether oxygens (including phenoxy) is 1. The van der Waals surface area contributed by atoms with Crippen LogP contribution in [0.4, 0.5) is 23.2 Å². The topological polar surface area (TPSA) is 94.8 Å². The van der Waals surface area contributed by atoms with Crippen LogP contribution in [0.3, 0.4) is 0 Å². The van der Waals surface area contributed by atoms with Crippen molar-refractivity contribution in [2.24, 2.45) is 0 Å². The van der Waals surface area contributed by atoms with Crippen LogP contribution >= 0.6 is 11.6 Å². The Morgan fingerprint density at radius 1 is 1.09 bits per heavy atom. The molecule has 0 saturated carbocycles. The summed E-state index contributed by atoms with van der Waals surface area (Å²) in [6.07, 6.45) is -0.160. The molecule has 4 aromatic rings. The van der Waals surface area contributed by atoms with E-state index < -0.39 is 29.3 Å². The average molecular weight is 493 g/mol. The molecule has 0 aliphatic heterocycles. The molecule has 1 N–H and O–H groups in total. The Morgan fingerprint density at radius 2 is 1.82 bits per heavy atom. The second kappa shape index (κ2) is 9.06. The van der Waals surface area contributed by atoms with Gasteiger partial charge < -0.3 is 10.1 Å². The Balaban J connectivity index is 1.65. The van der Waals surface area contributed by atoms with Crippen molar-refractivity contribution in [2.45, 2.75) is 6.18 Å². The minimum absolute atomic E-state index is 0.0594. The van der Waals surface area contributed by atoms with Gasteiger partial charge in [-0.2, -0.15) is 23.4 Å². The quantitative estimate of drug-likeness (QED) is 0.402. The first-order valence-corrected chi connectivity index (χ1v) is 9.80. The van der Waals surface area contributed by atoms with Crippen molar-refractivity contribution in [3.8, 4) is 22.8 Å². The second-order valence-electron chi connectivity index (χ2n) is 6.76. The highest BCUT2D eigenvalue weighted by Crippen LogP contribution is 2.35. The van der Waals surface area contributed by atoms with Gasteiger partial charge in [-0.25, -0.2) is 9.37 Å². The van der Waals surface area contributed by atoms with Gasteiger partial charge in [0.2, 0.25) is 0 Å². The summed E-state index contributed by atoms with van der Waals surface area (Å²) in [7, 11) is 1.30. The molecular weight excluding hydrogens is 480 g/mol. The Hall–Kier alpha value is -4.06. The van der Waals surface area contributed by atoms with Crippen LogP contribution in [0, 0.1) is 5.82 Å². The first-order chi connectivity index (χ1) is 16.2. The lowest BCUT2D eigenvalue weighted by atomic mass is 10.1. The van der Waals surface area contributed by atoms with E-state index in [4.69, 9.17) is 16.3 Å². The molecule has 4 rings (SSSR count). The molecular formula is C21H13ClF4N6O2. The van der Waals surface area contributed by atoms with E-state index in [-0.39, 0.29) is 22.0 Å². The number of aromatic nitrogens is 5. The van der Waals surface area contributed by atoms with Crippen molar-refractivity contribution < 1.29 is 27.1 Å². The molecule has 0 atom stereocenters. The number of carbonyl (C=O) groups excluding carboxylic acids is 1. The van der Waals surface area contributed by atoms with Crippen molar-refractivity contribution in [3.05, 3.63) is 77.1 Å². The first-order valence-electron chi connectivity index (χ1n) is 9.42. The summed E-state index contributed by atoms with van der Waals surface area (Å²) in [5, 5.41) is 9.78. The van der Waals surface area contributed by atoms with E-state index in [1.54, 1.807) is 0 Å². The molecule has 3 heterocycles. The minimum atomic E-state index is -4.79. The fraction of sp³-hybridized carbons (Fsp3) is 0.0952. The zero-order chi connectivity index (χ0) is 24.5. The van der Waals surface area contributed by atoms with Gasteiger partial charge in [-0.05, 0) is 24.3 Å². The zero-order valence-corrected chi connectivity index (χ0v) is 17.9. The summed E-state index contributed by atoms with van der Waals surface area (Å²) >= 11 is 6.06. The normalized spacial score (nSPS) is 11.4. The molecule has 0 bridgehead atoms. The highest BCUT2D eigenvalue weighted by Gasteiger charge is 2.36. The first kappa shape index (κ1) is 23.1. The molecule has 0 saturated heterocycles. The number of halogens is 5. The number of alkyl halides is 3. The van der Waals surface area contributed by atoms with Crippen LogP contribution < -0.4 is 10.1 Å². The van der Waals surface area contributed by atoms with Crippen LogP contribution in [0.25, 0.3) is 17.1 Å². The molecule has 3 aromatic heterocycles. The van der Waals surface area contributed by atoms with E-state index in [1.807, 2.05) is 0 Å². The van der Waals surface area contributed by atoms with E-state index in [0.717, 1.165) is 23.1 Å². The Kier molecular flexibility index (Phi) is 6.16. The van der Waals surface area contributed by atoms with Crippen molar-refractivity contribution in [3.63, 3.8) is 0 Å². The summed E-state index contributed by atoms with van der Waals surface area (Å²) in [5.74, 6) is -1.79. The molecule has 0 unspecified atom stereocenters. The Morgan fingerprint density at radius 3 is 2.47 bits per heavy atom. The summed E-state index contributed by atoms with van der Waals surface area (Å²) < 4.78 is 59.3. The summed E-state index contributed by atoms with van der Waals surface area (Å²) in [4.78, 5) is 21.4. The second-order valence-corrected chi connectivity index (χ2v) is 7.17. The standard InChI is InChI=1S/C21H13ClF4N6O2/c1-34-18-8-17(13-3-2-11(23)6-16(13)22)27-10-14(18)20(33)31-12-7-15(21(24,25)26)19(28-9-12)32-29-4-5-30-32/h2-10H,1H3,(H,31,33). The third-order valence-electron chi connectivity index (χ3n) is 4.58. The fourth-order valence-electron chi connectivity index (χ4n) is 3.04. The van der Waals surface area contributed by atoms with E-state index in [9.17, 15) is 22.4 Å². The van der Waals surface area contributed by atoms with Crippen molar-refractivity contribution in [1.82, 2.24) is 25.0 Å². The van der Waals surface area contributed by atoms with Crippen molar-refractivity contribution in [1.29, 1.82) is 0 Å². The highest BCUT2D eigenvalue weighted by atomic mass is 35.5. The summed E-state index contributed by atoms with van der Waals surface area (Å²) in [6.45, 7) is 0. The highest BCUT2D eigenvalue weighted by molar-refractivity contribution is 6.33. The molecule has 0 fully saturated rings. The Labute approximate surface area is 194 Å². The molecule has 8 nitrogen and oxygen atoms in total. The largest absolute Gasteiger partial charge is 0.496 e. The van der Waals surface area contributed by atoms with Gasteiger partial charge in [0.05, 0.1) is 42.1 Å². The number of benzene rings is 1. The predicted octanol–water partition coefficient (Wildman–Crippen LogP) is 4.80. The van der Waals surface area contributed by atoms with E-state index in [1.165, 1.54) is 43.9 Å². The number of nitrogens with one attached hydrogen (secondary N) is 1. The molecule has 0 radical (unpaired) electrons. The number of hydrogen-bond acceptors (Lipinski definition) is 6. The number of methoxy groups -OCH3 is 1. The summed E-state index contributed by atoms with van der Waals surface area (Å²) in [6, 6.07) is 5.85. The predicted molar refractivity (Wildman–Crippen MR) is 113 cm³/mol. The van der Waals surface area contributed by atoms with Crippen LogP contribution in [0.15, 0.2) is 55.1 Å². The lowest BCUT2D eigenvalue weighted by molar-refractivity contribution is -0.137. The third kappa shape index (κ3) is 4.66. The summed E-state index contributed by atoms with van der Waals surface area (Å²) in [5.41, 5.74) is -0.727. The van der Waals surface area contributed by atoms with E-state index in [2.05, 4.69) is 25.5 Å². The van der Waals surface area contributed by atoms with Gasteiger partial charge in [-0.15, -0.1) is 4.80 Å².